The fourth-order valence-electron chi connectivity index (χ4n) is 4.65. The number of ether oxygens (including phenoxy) is 2. The maximum atomic E-state index is 15.1. The van der Waals surface area contributed by atoms with Gasteiger partial charge < -0.3 is 9.47 Å². The van der Waals surface area contributed by atoms with Crippen molar-refractivity contribution in [1.82, 2.24) is 0 Å². The van der Waals surface area contributed by atoms with Gasteiger partial charge in [-0.1, -0.05) is 80.8 Å². The van der Waals surface area contributed by atoms with E-state index in [1.54, 1.807) is 54.6 Å². The van der Waals surface area contributed by atoms with Crippen molar-refractivity contribution in [3.05, 3.63) is 95.1 Å². The minimum absolute atomic E-state index is 0.0892. The van der Waals surface area contributed by atoms with Crippen LogP contribution in [0.4, 0.5) is 17.6 Å². The van der Waals surface area contributed by atoms with Gasteiger partial charge in [0.15, 0.2) is 29.6 Å². The van der Waals surface area contributed by atoms with Crippen molar-refractivity contribution >= 4 is 0 Å². The van der Waals surface area contributed by atoms with Gasteiger partial charge in [0, 0.05) is 17.0 Å². The average molecular weight is 513 g/mol. The van der Waals surface area contributed by atoms with E-state index in [1.807, 2.05) is 6.92 Å². The third kappa shape index (κ3) is 6.13. The van der Waals surface area contributed by atoms with E-state index in [9.17, 15) is 13.2 Å². The monoisotopic (exact) mass is 512 g/mol. The van der Waals surface area contributed by atoms with E-state index in [-0.39, 0.29) is 29.9 Å². The van der Waals surface area contributed by atoms with Crippen LogP contribution >= 0.6 is 0 Å². The number of hydrogen-bond acceptors (Lipinski definition) is 2. The molecule has 1 aliphatic rings. The van der Waals surface area contributed by atoms with E-state index in [4.69, 9.17) is 9.47 Å². The predicted octanol–water partition coefficient (Wildman–Crippen LogP) is 8.73. The highest BCUT2D eigenvalue weighted by molar-refractivity contribution is 5.71. The molecule has 0 spiro atoms. The second-order valence-corrected chi connectivity index (χ2v) is 9.38. The molecule has 0 unspecified atom stereocenters. The molecule has 0 saturated carbocycles. The van der Waals surface area contributed by atoms with Gasteiger partial charge in [-0.3, -0.25) is 0 Å². The number of aryl methyl sites for hydroxylation is 1. The lowest BCUT2D eigenvalue weighted by atomic mass is 9.94. The van der Waals surface area contributed by atoms with Crippen molar-refractivity contribution in [2.24, 2.45) is 0 Å². The molecule has 1 fully saturated rings. The number of unbranched alkanes of at least 4 members (excludes halogenated alkanes) is 3. The first-order chi connectivity index (χ1) is 17.9. The topological polar surface area (TPSA) is 18.5 Å². The number of benzene rings is 3. The van der Waals surface area contributed by atoms with Gasteiger partial charge in [-0.15, -0.1) is 0 Å². The summed E-state index contributed by atoms with van der Waals surface area (Å²) >= 11 is 0. The first-order valence-electron chi connectivity index (χ1n) is 12.9. The summed E-state index contributed by atoms with van der Waals surface area (Å²) in [6.45, 7) is 4.39. The van der Waals surface area contributed by atoms with Gasteiger partial charge in [0.2, 0.25) is 0 Å². The summed E-state index contributed by atoms with van der Waals surface area (Å²) in [6, 6.07) is 12.6. The Hall–Kier alpha value is -2.96. The summed E-state index contributed by atoms with van der Waals surface area (Å²) < 4.78 is 70.7. The lowest BCUT2D eigenvalue weighted by Gasteiger charge is -2.28. The van der Waals surface area contributed by atoms with Crippen LogP contribution in [-0.2, 0) is 15.9 Å². The molecule has 0 aliphatic carbocycles. The summed E-state index contributed by atoms with van der Waals surface area (Å²) in [5.74, 6) is -4.04. The lowest BCUT2D eigenvalue weighted by Crippen LogP contribution is -2.30. The molecule has 0 radical (unpaired) electrons. The van der Waals surface area contributed by atoms with E-state index in [0.29, 0.717) is 23.1 Å². The summed E-state index contributed by atoms with van der Waals surface area (Å²) in [6.07, 6.45) is 7.53. The largest absolute Gasteiger partial charge is 0.348 e. The fourth-order valence-corrected chi connectivity index (χ4v) is 4.65. The summed E-state index contributed by atoms with van der Waals surface area (Å²) in [7, 11) is 0. The summed E-state index contributed by atoms with van der Waals surface area (Å²) in [5, 5.41) is 0. The van der Waals surface area contributed by atoms with Gasteiger partial charge in [0.1, 0.15) is 0 Å². The molecule has 0 amide bonds. The normalized spacial score (nSPS) is 18.0. The van der Waals surface area contributed by atoms with Crippen LogP contribution in [0.1, 0.15) is 56.6 Å². The van der Waals surface area contributed by atoms with E-state index >= 15 is 4.39 Å². The molecule has 3 aromatic carbocycles. The molecule has 1 heterocycles. The molecular formula is C31H32F4O2. The second kappa shape index (κ2) is 12.5. The van der Waals surface area contributed by atoms with Gasteiger partial charge >= 0.3 is 0 Å². The van der Waals surface area contributed by atoms with Crippen LogP contribution in [0.25, 0.3) is 22.3 Å². The zero-order valence-electron chi connectivity index (χ0n) is 21.2. The maximum Gasteiger partial charge on any atom is 0.176 e. The number of rotatable bonds is 9. The SMILES string of the molecule is CC=CC1OCC(c2ccc(-c3ccc(-c4ccc(CCCCCC)c(F)c4F)cc3)c(F)c2F)CO1. The Bertz CT molecular complexity index is 1230. The zero-order valence-corrected chi connectivity index (χ0v) is 21.2. The molecule has 0 N–H and O–H groups in total. The first-order valence-corrected chi connectivity index (χ1v) is 12.9. The zero-order chi connectivity index (χ0) is 26.4. The Kier molecular flexibility index (Phi) is 9.17. The molecule has 1 aliphatic heterocycles. The Morgan fingerprint density at radius 2 is 1.32 bits per heavy atom. The fraction of sp³-hybridized carbons (Fsp3) is 0.355. The molecule has 37 heavy (non-hydrogen) atoms. The van der Waals surface area contributed by atoms with Crippen molar-refractivity contribution in [1.29, 1.82) is 0 Å². The van der Waals surface area contributed by atoms with Gasteiger partial charge in [0.05, 0.1) is 13.2 Å². The van der Waals surface area contributed by atoms with Gasteiger partial charge in [-0.25, -0.2) is 17.6 Å². The van der Waals surface area contributed by atoms with Gasteiger partial charge in [-0.05, 0) is 48.1 Å². The highest BCUT2D eigenvalue weighted by atomic mass is 19.2. The molecule has 0 bridgehead atoms. The van der Waals surface area contributed by atoms with Crippen molar-refractivity contribution < 1.29 is 27.0 Å². The standard InChI is InChI=1S/C31H32F4O2/c1-3-5-6-7-9-22-14-15-24(29(33)28(22)32)20-10-12-21(13-11-20)25-16-17-26(31(35)30(25)34)23-18-36-27(8-4-2)37-19-23/h4,8,10-17,23,27H,3,5-7,9,18-19H2,1-2H3. The third-order valence-electron chi connectivity index (χ3n) is 6.79. The smallest absolute Gasteiger partial charge is 0.176 e. The van der Waals surface area contributed by atoms with Crippen molar-refractivity contribution in [2.45, 2.75) is 58.2 Å². The highest BCUT2D eigenvalue weighted by Gasteiger charge is 2.27. The first kappa shape index (κ1) is 27.1. The van der Waals surface area contributed by atoms with Crippen LogP contribution in [0.15, 0.2) is 60.7 Å². The molecule has 0 aromatic heterocycles. The molecule has 3 aromatic rings. The van der Waals surface area contributed by atoms with E-state index in [0.717, 1.165) is 25.7 Å². The van der Waals surface area contributed by atoms with Crippen molar-refractivity contribution in [3.63, 3.8) is 0 Å². The lowest BCUT2D eigenvalue weighted by molar-refractivity contribution is -0.159. The van der Waals surface area contributed by atoms with Crippen LogP contribution in [0.3, 0.4) is 0 Å². The van der Waals surface area contributed by atoms with Crippen LogP contribution in [-0.4, -0.2) is 19.5 Å². The Morgan fingerprint density at radius 1 is 0.730 bits per heavy atom. The van der Waals surface area contributed by atoms with E-state index in [2.05, 4.69) is 6.92 Å². The van der Waals surface area contributed by atoms with Crippen molar-refractivity contribution in [2.75, 3.05) is 13.2 Å². The quantitative estimate of drug-likeness (QED) is 0.162. The number of halogens is 4. The summed E-state index contributed by atoms with van der Waals surface area (Å²) in [5.41, 5.74) is 1.69. The van der Waals surface area contributed by atoms with Gasteiger partial charge in [0.25, 0.3) is 0 Å². The molecule has 0 atom stereocenters. The second-order valence-electron chi connectivity index (χ2n) is 9.38. The van der Waals surface area contributed by atoms with Gasteiger partial charge in [-0.2, -0.15) is 0 Å². The van der Waals surface area contributed by atoms with Crippen molar-refractivity contribution in [3.8, 4) is 22.3 Å². The molecular weight excluding hydrogens is 480 g/mol. The van der Waals surface area contributed by atoms with E-state index in [1.165, 1.54) is 6.07 Å². The molecule has 4 rings (SSSR count). The van der Waals surface area contributed by atoms with Crippen LogP contribution in [0.5, 0.6) is 0 Å². The minimum atomic E-state index is -0.967. The predicted molar refractivity (Wildman–Crippen MR) is 138 cm³/mol. The Morgan fingerprint density at radius 3 is 1.92 bits per heavy atom. The Balaban J connectivity index is 1.50. The third-order valence-corrected chi connectivity index (χ3v) is 6.79. The number of hydrogen-bond donors (Lipinski definition) is 0. The maximum absolute atomic E-state index is 15.1. The summed E-state index contributed by atoms with van der Waals surface area (Å²) in [4.78, 5) is 0. The molecule has 6 heteroatoms. The van der Waals surface area contributed by atoms with Crippen LogP contribution in [0.2, 0.25) is 0 Å². The molecule has 1 saturated heterocycles. The Labute approximate surface area is 215 Å². The molecule has 2 nitrogen and oxygen atoms in total. The van der Waals surface area contributed by atoms with Crippen LogP contribution in [0, 0.1) is 23.3 Å². The number of allylic oxidation sites excluding steroid dienone is 1. The molecule has 196 valence electrons. The highest BCUT2D eigenvalue weighted by Crippen LogP contribution is 2.34. The van der Waals surface area contributed by atoms with Crippen LogP contribution < -0.4 is 0 Å². The van der Waals surface area contributed by atoms with E-state index < -0.39 is 35.5 Å². The average Bonchev–Trinajstić information content (AvgIpc) is 2.91. The minimum Gasteiger partial charge on any atom is -0.348 e.